The number of benzene rings is 2. The zero-order chi connectivity index (χ0) is 19.8. The van der Waals surface area contributed by atoms with Gasteiger partial charge in [0.25, 0.3) is 5.91 Å². The summed E-state index contributed by atoms with van der Waals surface area (Å²) < 4.78 is 32.5. The van der Waals surface area contributed by atoms with Crippen molar-refractivity contribution in [2.45, 2.75) is 6.92 Å². The Morgan fingerprint density at radius 2 is 1.81 bits per heavy atom. The van der Waals surface area contributed by atoms with E-state index in [1.807, 2.05) is 6.07 Å². The van der Waals surface area contributed by atoms with Crippen LogP contribution >= 0.6 is 0 Å². The number of hydrogen-bond donors (Lipinski definition) is 1. The predicted octanol–water partition coefficient (Wildman–Crippen LogP) is 2.70. The number of nitrogens with one attached hydrogen (secondary N) is 1. The van der Waals surface area contributed by atoms with Crippen molar-refractivity contribution >= 4 is 17.5 Å². The number of carbonyl (C=O) groups is 2. The first-order chi connectivity index (χ1) is 13.0. The van der Waals surface area contributed by atoms with Gasteiger partial charge in [-0.25, -0.2) is 8.78 Å². The average molecular weight is 373 g/mol. The molecule has 2 rings (SSSR count). The molecule has 0 bridgehead atoms. The van der Waals surface area contributed by atoms with Crippen molar-refractivity contribution in [3.8, 4) is 11.8 Å². The van der Waals surface area contributed by atoms with Crippen molar-refractivity contribution in [2.75, 3.05) is 25.0 Å². The van der Waals surface area contributed by atoms with Crippen molar-refractivity contribution in [1.82, 2.24) is 4.90 Å². The maximum Gasteiger partial charge on any atom is 0.260 e. The lowest BCUT2D eigenvalue weighted by molar-refractivity contribution is -0.136. The molecule has 0 spiro atoms. The molecule has 0 unspecified atom stereocenters. The standard InChI is InChI=1S/C19H17F2N3O3/c1-2-24(11-17(25)23-19-14(20)7-5-8-15(19)21)18(26)12-27-16-9-4-3-6-13(16)10-22/h3-9H,2,11-12H2,1H3,(H,23,25). The smallest absolute Gasteiger partial charge is 0.260 e. The van der Waals surface area contributed by atoms with E-state index in [2.05, 4.69) is 5.32 Å². The van der Waals surface area contributed by atoms with Crippen LogP contribution in [0.4, 0.5) is 14.5 Å². The summed E-state index contributed by atoms with van der Waals surface area (Å²) >= 11 is 0. The van der Waals surface area contributed by atoms with Crippen LogP contribution in [0.5, 0.6) is 5.75 Å². The highest BCUT2D eigenvalue weighted by Crippen LogP contribution is 2.18. The van der Waals surface area contributed by atoms with E-state index in [4.69, 9.17) is 10.00 Å². The van der Waals surface area contributed by atoms with Crippen LogP contribution in [0.2, 0.25) is 0 Å². The molecular formula is C19H17F2N3O3. The van der Waals surface area contributed by atoms with E-state index in [0.29, 0.717) is 0 Å². The second-order valence-electron chi connectivity index (χ2n) is 5.45. The van der Waals surface area contributed by atoms with Crippen LogP contribution < -0.4 is 10.1 Å². The van der Waals surface area contributed by atoms with Crippen LogP contribution in [-0.4, -0.2) is 36.4 Å². The summed E-state index contributed by atoms with van der Waals surface area (Å²) in [5, 5.41) is 11.1. The largest absolute Gasteiger partial charge is 0.482 e. The third kappa shape index (κ3) is 5.25. The molecule has 0 atom stereocenters. The lowest BCUT2D eigenvalue weighted by atomic mass is 10.2. The zero-order valence-electron chi connectivity index (χ0n) is 14.5. The average Bonchev–Trinajstić information content (AvgIpc) is 2.67. The lowest BCUT2D eigenvalue weighted by Crippen LogP contribution is -2.40. The summed E-state index contributed by atoms with van der Waals surface area (Å²) in [6, 6.07) is 11.6. The fourth-order valence-corrected chi connectivity index (χ4v) is 2.26. The molecule has 2 aromatic carbocycles. The minimum Gasteiger partial charge on any atom is -0.482 e. The lowest BCUT2D eigenvalue weighted by Gasteiger charge is -2.20. The van der Waals surface area contributed by atoms with Gasteiger partial charge in [-0.3, -0.25) is 9.59 Å². The number of hydrogen-bond acceptors (Lipinski definition) is 4. The fourth-order valence-electron chi connectivity index (χ4n) is 2.26. The number of carbonyl (C=O) groups excluding carboxylic acids is 2. The molecule has 2 aromatic rings. The van der Waals surface area contributed by atoms with E-state index in [-0.39, 0.29) is 24.5 Å². The van der Waals surface area contributed by atoms with Crippen LogP contribution in [0.1, 0.15) is 12.5 Å². The maximum absolute atomic E-state index is 13.6. The Morgan fingerprint density at radius 3 is 2.44 bits per heavy atom. The van der Waals surface area contributed by atoms with E-state index in [1.165, 1.54) is 11.0 Å². The van der Waals surface area contributed by atoms with Crippen molar-refractivity contribution in [1.29, 1.82) is 5.26 Å². The second kappa shape index (κ2) is 9.29. The Labute approximate surface area is 155 Å². The monoisotopic (exact) mass is 373 g/mol. The Balaban J connectivity index is 1.96. The van der Waals surface area contributed by atoms with E-state index in [0.717, 1.165) is 12.1 Å². The summed E-state index contributed by atoms with van der Waals surface area (Å²) in [5.41, 5.74) is -0.286. The Morgan fingerprint density at radius 1 is 1.15 bits per heavy atom. The first kappa shape index (κ1) is 19.8. The van der Waals surface area contributed by atoms with Gasteiger partial charge in [-0.05, 0) is 31.2 Å². The Bertz CT molecular complexity index is 860. The Kier molecular flexibility index (Phi) is 6.83. The number of halogens is 2. The van der Waals surface area contributed by atoms with Crippen molar-refractivity contribution < 1.29 is 23.1 Å². The van der Waals surface area contributed by atoms with Gasteiger partial charge in [0.05, 0.1) is 12.1 Å². The van der Waals surface area contributed by atoms with Gasteiger partial charge >= 0.3 is 0 Å². The van der Waals surface area contributed by atoms with Gasteiger partial charge in [0, 0.05) is 6.54 Å². The zero-order valence-corrected chi connectivity index (χ0v) is 14.5. The van der Waals surface area contributed by atoms with Gasteiger partial charge in [0.2, 0.25) is 5.91 Å². The minimum atomic E-state index is -0.908. The number of anilines is 1. The number of ether oxygens (including phenoxy) is 1. The fraction of sp³-hybridized carbons (Fsp3) is 0.211. The second-order valence-corrected chi connectivity index (χ2v) is 5.45. The molecule has 0 radical (unpaired) electrons. The number of rotatable bonds is 7. The number of likely N-dealkylation sites (N-methyl/N-ethyl adjacent to an activating group) is 1. The van der Waals surface area contributed by atoms with Gasteiger partial charge in [-0.15, -0.1) is 0 Å². The summed E-state index contributed by atoms with van der Waals surface area (Å²) in [6.45, 7) is 1.06. The highest BCUT2D eigenvalue weighted by molar-refractivity contribution is 5.94. The summed E-state index contributed by atoms with van der Waals surface area (Å²) in [7, 11) is 0. The molecule has 27 heavy (non-hydrogen) atoms. The molecule has 0 fully saturated rings. The molecule has 6 nitrogen and oxygen atoms in total. The molecule has 0 aliphatic carbocycles. The van der Waals surface area contributed by atoms with E-state index >= 15 is 0 Å². The van der Waals surface area contributed by atoms with Crippen molar-refractivity contribution in [3.63, 3.8) is 0 Å². The molecule has 140 valence electrons. The maximum atomic E-state index is 13.6. The molecule has 0 aliphatic rings. The van der Waals surface area contributed by atoms with Crippen LogP contribution in [0, 0.1) is 23.0 Å². The van der Waals surface area contributed by atoms with Crippen LogP contribution in [0.25, 0.3) is 0 Å². The van der Waals surface area contributed by atoms with Gasteiger partial charge in [0.1, 0.15) is 29.1 Å². The first-order valence-corrected chi connectivity index (χ1v) is 8.09. The van der Waals surface area contributed by atoms with Crippen LogP contribution in [-0.2, 0) is 9.59 Å². The summed E-state index contributed by atoms with van der Waals surface area (Å²) in [4.78, 5) is 25.5. The molecule has 8 heteroatoms. The topological polar surface area (TPSA) is 82.4 Å². The molecule has 0 saturated heterocycles. The van der Waals surface area contributed by atoms with Crippen LogP contribution in [0.15, 0.2) is 42.5 Å². The minimum absolute atomic E-state index is 0.190. The SMILES string of the molecule is CCN(CC(=O)Nc1c(F)cccc1F)C(=O)COc1ccccc1C#N. The highest BCUT2D eigenvalue weighted by Gasteiger charge is 2.19. The Hall–Kier alpha value is -3.47. The summed E-state index contributed by atoms with van der Waals surface area (Å²) in [5.74, 6) is -2.81. The third-order valence-corrected chi connectivity index (χ3v) is 3.65. The first-order valence-electron chi connectivity index (χ1n) is 8.09. The van der Waals surface area contributed by atoms with Gasteiger partial charge < -0.3 is 15.0 Å². The van der Waals surface area contributed by atoms with Crippen molar-refractivity contribution in [2.24, 2.45) is 0 Å². The normalized spacial score (nSPS) is 10.0. The molecule has 0 heterocycles. The van der Waals surface area contributed by atoms with E-state index < -0.39 is 35.7 Å². The number of amides is 2. The number of para-hydroxylation sites is 2. The number of nitrogens with zero attached hydrogens (tertiary/aromatic N) is 2. The predicted molar refractivity (Wildman–Crippen MR) is 93.9 cm³/mol. The number of nitriles is 1. The molecule has 2 amide bonds. The molecule has 0 saturated carbocycles. The molecule has 0 aliphatic heterocycles. The molecule has 0 aromatic heterocycles. The van der Waals surface area contributed by atoms with Crippen LogP contribution in [0.3, 0.4) is 0 Å². The summed E-state index contributed by atoms with van der Waals surface area (Å²) in [6.07, 6.45) is 0. The molecule has 1 N–H and O–H groups in total. The third-order valence-electron chi connectivity index (χ3n) is 3.65. The highest BCUT2D eigenvalue weighted by atomic mass is 19.1. The van der Waals surface area contributed by atoms with E-state index in [9.17, 15) is 18.4 Å². The van der Waals surface area contributed by atoms with E-state index in [1.54, 1.807) is 31.2 Å². The van der Waals surface area contributed by atoms with Gasteiger partial charge in [-0.1, -0.05) is 18.2 Å². The van der Waals surface area contributed by atoms with Gasteiger partial charge in [-0.2, -0.15) is 5.26 Å². The van der Waals surface area contributed by atoms with Gasteiger partial charge in [0.15, 0.2) is 6.61 Å². The molecular weight excluding hydrogens is 356 g/mol. The quantitative estimate of drug-likeness (QED) is 0.809. The van der Waals surface area contributed by atoms with Crippen molar-refractivity contribution in [3.05, 3.63) is 59.7 Å².